The maximum Gasteiger partial charge on any atom is 0.678 e. The molecule has 0 spiro atoms. The molecule has 0 aliphatic carbocycles. The Morgan fingerprint density at radius 1 is 0.860 bits per heavy atom. The van der Waals surface area contributed by atoms with Gasteiger partial charge < -0.3 is 40.5 Å². The number of thiophene rings is 1. The van der Waals surface area contributed by atoms with E-state index in [4.69, 9.17) is 4.74 Å². The lowest BCUT2D eigenvalue weighted by Gasteiger charge is -2.13. The van der Waals surface area contributed by atoms with Crippen LogP contribution in [0.25, 0.3) is 22.7 Å². The number of ether oxygens (including phenoxy) is 1. The van der Waals surface area contributed by atoms with E-state index in [1.807, 2.05) is 47.9 Å². The number of carbonyl (C=O) groups is 2. The minimum absolute atomic E-state index is 0.0166. The number of benzene rings is 2. The summed E-state index contributed by atoms with van der Waals surface area (Å²) >= 11 is 1.41. The molecule has 11 nitrogen and oxygen atoms in total. The molecule has 2 aromatic carbocycles. The molecule has 2 aromatic heterocycles. The highest BCUT2D eigenvalue weighted by atomic mass is 32.1. The second kappa shape index (κ2) is 22.3. The maximum atomic E-state index is 13.9. The fourth-order valence-corrected chi connectivity index (χ4v) is 6.74. The quantitative estimate of drug-likeness (QED) is 0.0265. The number of aliphatic hydroxyl groups is 1. The lowest BCUT2D eigenvalue weighted by Crippen LogP contribution is -2.29. The van der Waals surface area contributed by atoms with Gasteiger partial charge in [-0.3, -0.25) is 18.2 Å². The third-order valence-corrected chi connectivity index (χ3v) is 9.96. The Hall–Kier alpha value is -5.51. The predicted molar refractivity (Wildman–Crippen MR) is 223 cm³/mol. The number of nitrogens with one attached hydrogen (secondary N) is 3. The van der Waals surface area contributed by atoms with Gasteiger partial charge in [-0.25, -0.2) is 4.99 Å². The molecule has 0 fully saturated rings. The first kappa shape index (κ1) is 42.6. The van der Waals surface area contributed by atoms with Crippen molar-refractivity contribution in [3.8, 4) is 27.8 Å². The number of unbranched alkanes of at least 4 members (excludes halogenated alkanes) is 4. The molecule has 1 aliphatic rings. The largest absolute Gasteiger partial charge is 0.678 e. The van der Waals surface area contributed by atoms with Crippen molar-refractivity contribution in [1.82, 2.24) is 20.4 Å². The topological polar surface area (TPSA) is 157 Å². The summed E-state index contributed by atoms with van der Waals surface area (Å²) in [6.07, 6.45) is 13.6. The van der Waals surface area contributed by atoms with Gasteiger partial charge in [0.1, 0.15) is 5.75 Å². The summed E-state index contributed by atoms with van der Waals surface area (Å²) in [5.41, 5.74) is 3.54. The second-order valence-electron chi connectivity index (χ2n) is 13.4. The average Bonchev–Trinajstić information content (AvgIpc) is 3.99. The van der Waals surface area contributed by atoms with Crippen LogP contribution in [0.2, 0.25) is 0 Å². The van der Waals surface area contributed by atoms with Crippen LogP contribution in [0.3, 0.4) is 0 Å². The lowest BCUT2D eigenvalue weighted by molar-refractivity contribution is -0.123. The number of phenols is 2. The van der Waals surface area contributed by atoms with Crippen LogP contribution in [0.4, 0.5) is 8.63 Å². The van der Waals surface area contributed by atoms with Crippen LogP contribution in [-0.4, -0.2) is 77.5 Å². The van der Waals surface area contributed by atoms with E-state index in [2.05, 4.69) is 20.9 Å². The molecular weight excluding hydrogens is 751 g/mol. The average molecular weight is 800 g/mol. The molecule has 0 saturated heterocycles. The van der Waals surface area contributed by atoms with Crippen LogP contribution in [0.5, 0.6) is 17.2 Å². The molecule has 0 radical (unpaired) electrons. The van der Waals surface area contributed by atoms with Crippen molar-refractivity contribution in [1.29, 1.82) is 0 Å². The number of aromatic hydroxyl groups is 2. The van der Waals surface area contributed by atoms with Crippen molar-refractivity contribution in [3.63, 3.8) is 0 Å². The summed E-state index contributed by atoms with van der Waals surface area (Å²) in [6, 6.07) is 18.6. The number of hydrogen-bond donors (Lipinski definition) is 6. The first-order chi connectivity index (χ1) is 27.7. The number of rotatable bonds is 23. The summed E-state index contributed by atoms with van der Waals surface area (Å²) in [5.74, 6) is -0.135. The first-order valence-corrected chi connectivity index (χ1v) is 19.9. The van der Waals surface area contributed by atoms with Crippen LogP contribution < -0.4 is 20.7 Å². The van der Waals surface area contributed by atoms with E-state index in [1.165, 1.54) is 23.5 Å². The normalized spacial score (nSPS) is 13.6. The monoisotopic (exact) mass is 799 g/mol. The van der Waals surface area contributed by atoms with Crippen molar-refractivity contribution in [2.45, 2.75) is 51.0 Å². The summed E-state index contributed by atoms with van der Waals surface area (Å²) in [6.45, 7) is 2.05. The van der Waals surface area contributed by atoms with Crippen LogP contribution in [-0.2, 0) is 9.59 Å². The first-order valence-electron chi connectivity index (χ1n) is 19.0. The summed E-state index contributed by atoms with van der Waals surface area (Å²) < 4.78 is 34.5. The highest BCUT2D eigenvalue weighted by Crippen LogP contribution is 2.30. The molecule has 1 aliphatic heterocycles. The van der Waals surface area contributed by atoms with Crippen LogP contribution >= 0.6 is 11.3 Å². The SMILES string of the molecule is O=C(CCCCCNC(=O)COc1ccc(/C=C/C2=NC(=C\c3ccc(-c4cccs4)n3B(F)F)/C=C2)cc1)NCCCCCNC[C@H](O)c1ccc(O)c(O)c1. The van der Waals surface area contributed by atoms with Crippen LogP contribution in [0.15, 0.2) is 101 Å². The van der Waals surface area contributed by atoms with E-state index in [-0.39, 0.29) is 29.9 Å². The zero-order valence-corrected chi connectivity index (χ0v) is 32.4. The van der Waals surface area contributed by atoms with Gasteiger partial charge in [-0.05, 0) is 116 Å². The molecule has 0 saturated carbocycles. The molecule has 4 aromatic rings. The number of nitrogens with zero attached hydrogens (tertiary/aromatic N) is 2. The zero-order valence-electron chi connectivity index (χ0n) is 31.6. The van der Waals surface area contributed by atoms with Gasteiger partial charge in [0.05, 0.1) is 23.2 Å². The standard InChI is InChI=1S/C42H48BF2N5O6S/c44-43(45)50-34(17-20-36(50)40-8-7-25-57-40)27-33-16-15-32(49-33)14-10-30-11-18-35(19-12-30)56-29-42(55)48-24-5-1-3-9-41(54)47-23-6-2-4-22-46-28-39(53)31-13-21-37(51)38(52)26-31/h7-8,10-21,25-27,39,46,51-53H,1-6,9,22-24,28-29H2,(H,47,54)(H,48,55)/b14-10+,33-27-/t39-/m0/s1. The molecule has 5 rings (SSSR count). The van der Waals surface area contributed by atoms with Gasteiger partial charge in [0.25, 0.3) is 5.91 Å². The Kier molecular flexibility index (Phi) is 16.7. The Morgan fingerprint density at radius 2 is 1.61 bits per heavy atom. The second-order valence-corrected chi connectivity index (χ2v) is 14.4. The molecule has 2 amide bonds. The van der Waals surface area contributed by atoms with E-state index in [1.54, 1.807) is 42.5 Å². The number of phenolic OH excluding ortho intramolecular Hbond substituents is 2. The van der Waals surface area contributed by atoms with E-state index >= 15 is 0 Å². The minimum atomic E-state index is -2.68. The number of carbonyl (C=O) groups excluding carboxylic acids is 2. The van der Waals surface area contributed by atoms with Crippen molar-refractivity contribution < 1.29 is 38.3 Å². The lowest BCUT2D eigenvalue weighted by atomic mass is 10.1. The van der Waals surface area contributed by atoms with Crippen molar-refractivity contribution in [2.75, 3.05) is 32.8 Å². The number of halogens is 2. The number of aliphatic imine (C=N–C) groups is 1. The van der Waals surface area contributed by atoms with E-state index in [9.17, 15) is 33.5 Å². The zero-order chi connectivity index (χ0) is 40.4. The third-order valence-electron chi connectivity index (χ3n) is 9.07. The molecule has 3 heterocycles. The van der Waals surface area contributed by atoms with Gasteiger partial charge >= 0.3 is 7.40 Å². The van der Waals surface area contributed by atoms with Gasteiger partial charge in [-0.15, -0.1) is 11.3 Å². The Bertz CT molecular complexity index is 2030. The Balaban J connectivity index is 0.877. The maximum absolute atomic E-state index is 13.9. The van der Waals surface area contributed by atoms with Crippen LogP contribution in [0.1, 0.15) is 67.9 Å². The van der Waals surface area contributed by atoms with Crippen molar-refractivity contribution >= 4 is 48.4 Å². The number of hydrogen-bond acceptors (Lipinski definition) is 9. The summed E-state index contributed by atoms with van der Waals surface area (Å²) in [5, 5.41) is 40.0. The molecule has 0 bridgehead atoms. The molecule has 57 heavy (non-hydrogen) atoms. The number of aliphatic hydroxyl groups excluding tert-OH is 1. The molecule has 300 valence electrons. The Labute approximate surface area is 335 Å². The molecule has 6 N–H and O–H groups in total. The van der Waals surface area contributed by atoms with Crippen molar-refractivity contribution in [3.05, 3.63) is 113 Å². The van der Waals surface area contributed by atoms with Crippen molar-refractivity contribution in [2.24, 2.45) is 4.99 Å². The van der Waals surface area contributed by atoms with Crippen LogP contribution in [0, 0.1) is 0 Å². The fourth-order valence-electron chi connectivity index (χ4n) is 5.99. The number of aromatic nitrogens is 1. The van der Waals surface area contributed by atoms with E-state index < -0.39 is 13.5 Å². The summed E-state index contributed by atoms with van der Waals surface area (Å²) in [4.78, 5) is 29.7. The smallest absolute Gasteiger partial charge is 0.504 e. The highest BCUT2D eigenvalue weighted by molar-refractivity contribution is 7.13. The molecular formula is C42H48BF2N5O6S. The van der Waals surface area contributed by atoms with Gasteiger partial charge in [0.15, 0.2) is 18.1 Å². The van der Waals surface area contributed by atoms with Gasteiger partial charge in [0.2, 0.25) is 5.91 Å². The number of amides is 2. The molecule has 1 atom stereocenters. The van der Waals surface area contributed by atoms with E-state index in [0.29, 0.717) is 66.7 Å². The molecule has 0 unspecified atom stereocenters. The van der Waals surface area contributed by atoms with Gasteiger partial charge in [-0.1, -0.05) is 43.2 Å². The molecule has 15 heteroatoms. The van der Waals surface area contributed by atoms with Gasteiger partial charge in [0, 0.05) is 36.6 Å². The van der Waals surface area contributed by atoms with Gasteiger partial charge in [-0.2, -0.15) is 0 Å². The predicted octanol–water partition coefficient (Wildman–Crippen LogP) is 7.13. The fraction of sp³-hybridized carbons (Fsp3) is 0.310. The minimum Gasteiger partial charge on any atom is -0.504 e. The number of allylic oxidation sites excluding steroid dienone is 3. The Morgan fingerprint density at radius 3 is 2.35 bits per heavy atom. The van der Waals surface area contributed by atoms with E-state index in [0.717, 1.165) is 53.4 Å². The highest BCUT2D eigenvalue weighted by Gasteiger charge is 2.24. The summed E-state index contributed by atoms with van der Waals surface area (Å²) in [7, 11) is -2.68. The third kappa shape index (κ3) is 13.9.